The van der Waals surface area contributed by atoms with Crippen LogP contribution >= 0.6 is 0 Å². The number of aromatic nitrogens is 2. The highest BCUT2D eigenvalue weighted by Crippen LogP contribution is 2.28. The van der Waals surface area contributed by atoms with Crippen LogP contribution in [0, 0.1) is 0 Å². The van der Waals surface area contributed by atoms with Crippen molar-refractivity contribution in [2.24, 2.45) is 5.10 Å². The minimum absolute atomic E-state index is 0.310. The molecule has 8 heteroatoms. The molecule has 0 aliphatic rings. The van der Waals surface area contributed by atoms with Crippen molar-refractivity contribution in [3.8, 4) is 17.2 Å². The van der Waals surface area contributed by atoms with Crippen molar-refractivity contribution in [3.63, 3.8) is 0 Å². The molecule has 2 N–H and O–H groups in total. The molecule has 174 valence electrons. The van der Waals surface area contributed by atoms with Gasteiger partial charge in [-0.1, -0.05) is 18.2 Å². The number of carbonyl (C=O) groups is 1. The maximum atomic E-state index is 12.6. The quantitative estimate of drug-likeness (QED) is 0.287. The van der Waals surface area contributed by atoms with Crippen LogP contribution in [0.15, 0.2) is 65.8 Å². The van der Waals surface area contributed by atoms with Gasteiger partial charge >= 0.3 is 0 Å². The van der Waals surface area contributed by atoms with E-state index in [2.05, 4.69) is 20.5 Å². The Balaban J connectivity index is 1.44. The van der Waals surface area contributed by atoms with Gasteiger partial charge in [0.05, 0.1) is 38.1 Å². The monoisotopic (exact) mass is 458 g/mol. The van der Waals surface area contributed by atoms with Crippen molar-refractivity contribution in [1.29, 1.82) is 0 Å². The second-order valence-electron chi connectivity index (χ2n) is 7.49. The first-order valence-electron chi connectivity index (χ1n) is 10.9. The van der Waals surface area contributed by atoms with E-state index in [9.17, 15) is 4.79 Å². The van der Waals surface area contributed by atoms with Crippen LogP contribution in [0.3, 0.4) is 0 Å². The number of H-pyrrole nitrogens is 1. The van der Waals surface area contributed by atoms with E-state index >= 15 is 0 Å². The summed E-state index contributed by atoms with van der Waals surface area (Å²) in [5, 5.41) is 4.06. The number of hydrogen-bond acceptors (Lipinski definition) is 6. The number of nitrogens with one attached hydrogen (secondary N) is 2. The minimum atomic E-state index is -0.310. The van der Waals surface area contributed by atoms with Crippen molar-refractivity contribution >= 4 is 23.2 Å². The SMILES string of the molecule is CCOc1cccc(/C=N\NC(=O)c2ccc3nc(Cc4ccc(OC)c(OC)c4)[nH]c3c2)c1. The van der Waals surface area contributed by atoms with Crippen molar-refractivity contribution in [3.05, 3.63) is 83.2 Å². The van der Waals surface area contributed by atoms with Crippen molar-refractivity contribution < 1.29 is 19.0 Å². The Morgan fingerprint density at radius 3 is 2.71 bits per heavy atom. The Bertz CT molecular complexity index is 1330. The van der Waals surface area contributed by atoms with Gasteiger partial charge in [-0.15, -0.1) is 0 Å². The van der Waals surface area contributed by atoms with E-state index in [1.807, 2.05) is 55.5 Å². The zero-order chi connectivity index (χ0) is 23.9. The molecule has 34 heavy (non-hydrogen) atoms. The lowest BCUT2D eigenvalue weighted by atomic mass is 10.1. The van der Waals surface area contributed by atoms with E-state index in [1.165, 1.54) is 0 Å². The fraction of sp³-hybridized carbons (Fsp3) is 0.192. The van der Waals surface area contributed by atoms with Crippen LogP contribution in [0.1, 0.15) is 34.2 Å². The zero-order valence-electron chi connectivity index (χ0n) is 19.3. The predicted octanol–water partition coefficient (Wildman–Crippen LogP) is 4.33. The maximum Gasteiger partial charge on any atom is 0.271 e. The van der Waals surface area contributed by atoms with Gasteiger partial charge in [-0.25, -0.2) is 10.4 Å². The number of methoxy groups -OCH3 is 2. The van der Waals surface area contributed by atoms with Gasteiger partial charge in [-0.2, -0.15) is 5.10 Å². The third-order valence-electron chi connectivity index (χ3n) is 5.16. The maximum absolute atomic E-state index is 12.6. The number of nitrogens with zero attached hydrogens (tertiary/aromatic N) is 2. The molecular formula is C26H26N4O4. The number of fused-ring (bicyclic) bond motifs is 1. The summed E-state index contributed by atoms with van der Waals surface area (Å²) < 4.78 is 16.1. The summed E-state index contributed by atoms with van der Waals surface area (Å²) in [7, 11) is 3.22. The van der Waals surface area contributed by atoms with Crippen LogP contribution in [0.25, 0.3) is 11.0 Å². The summed E-state index contributed by atoms with van der Waals surface area (Å²) in [4.78, 5) is 20.5. The number of rotatable bonds is 9. The summed E-state index contributed by atoms with van der Waals surface area (Å²) in [6.45, 7) is 2.51. The molecule has 0 saturated heterocycles. The molecule has 1 heterocycles. The van der Waals surface area contributed by atoms with Gasteiger partial charge in [0.25, 0.3) is 5.91 Å². The van der Waals surface area contributed by atoms with Crippen LogP contribution in [0.5, 0.6) is 17.2 Å². The van der Waals surface area contributed by atoms with Crippen LogP contribution in [0.2, 0.25) is 0 Å². The van der Waals surface area contributed by atoms with Crippen molar-refractivity contribution in [2.75, 3.05) is 20.8 Å². The molecule has 0 fully saturated rings. The van der Waals surface area contributed by atoms with Crippen LogP contribution in [0.4, 0.5) is 0 Å². The average molecular weight is 459 g/mol. The predicted molar refractivity (Wildman–Crippen MR) is 131 cm³/mol. The second-order valence-corrected chi connectivity index (χ2v) is 7.49. The molecule has 0 bridgehead atoms. The molecule has 4 rings (SSSR count). The molecule has 0 unspecified atom stereocenters. The van der Waals surface area contributed by atoms with E-state index in [-0.39, 0.29) is 5.91 Å². The first-order valence-corrected chi connectivity index (χ1v) is 10.9. The summed E-state index contributed by atoms with van der Waals surface area (Å²) in [6, 6.07) is 18.6. The average Bonchev–Trinajstić information content (AvgIpc) is 3.25. The third-order valence-corrected chi connectivity index (χ3v) is 5.16. The fourth-order valence-electron chi connectivity index (χ4n) is 3.55. The van der Waals surface area contributed by atoms with Gasteiger partial charge in [-0.05, 0) is 60.5 Å². The Kier molecular flexibility index (Phi) is 7.07. The Hall–Kier alpha value is -4.33. The molecule has 1 aromatic heterocycles. The lowest BCUT2D eigenvalue weighted by molar-refractivity contribution is 0.0955. The fourth-order valence-corrected chi connectivity index (χ4v) is 3.55. The van der Waals surface area contributed by atoms with Gasteiger partial charge in [0, 0.05) is 12.0 Å². The van der Waals surface area contributed by atoms with Crippen LogP contribution in [-0.2, 0) is 6.42 Å². The van der Waals surface area contributed by atoms with Gasteiger partial charge in [0.15, 0.2) is 11.5 Å². The Morgan fingerprint density at radius 1 is 1.06 bits per heavy atom. The van der Waals surface area contributed by atoms with Gasteiger partial charge in [0.1, 0.15) is 11.6 Å². The molecule has 3 aromatic carbocycles. The Labute approximate surface area is 197 Å². The van der Waals surface area contributed by atoms with Gasteiger partial charge in [-0.3, -0.25) is 4.79 Å². The normalized spacial score (nSPS) is 11.0. The number of imidazole rings is 1. The Morgan fingerprint density at radius 2 is 1.91 bits per heavy atom. The minimum Gasteiger partial charge on any atom is -0.494 e. The molecule has 0 aliphatic heterocycles. The lowest BCUT2D eigenvalue weighted by Gasteiger charge is -2.08. The molecule has 0 aliphatic carbocycles. The van der Waals surface area contributed by atoms with E-state index in [0.717, 1.165) is 33.7 Å². The van der Waals surface area contributed by atoms with Gasteiger partial charge < -0.3 is 19.2 Å². The molecule has 0 atom stereocenters. The van der Waals surface area contributed by atoms with E-state index in [4.69, 9.17) is 14.2 Å². The number of ether oxygens (including phenoxy) is 3. The molecular weight excluding hydrogens is 432 g/mol. The lowest BCUT2D eigenvalue weighted by Crippen LogP contribution is -2.17. The van der Waals surface area contributed by atoms with Crippen LogP contribution < -0.4 is 19.6 Å². The molecule has 1 amide bonds. The summed E-state index contributed by atoms with van der Waals surface area (Å²) in [6.07, 6.45) is 2.16. The number of hydrazone groups is 1. The highest BCUT2D eigenvalue weighted by atomic mass is 16.5. The summed E-state index contributed by atoms with van der Waals surface area (Å²) >= 11 is 0. The zero-order valence-corrected chi connectivity index (χ0v) is 19.3. The van der Waals surface area contributed by atoms with E-state index in [1.54, 1.807) is 32.6 Å². The van der Waals surface area contributed by atoms with Gasteiger partial charge in [0.2, 0.25) is 0 Å². The van der Waals surface area contributed by atoms with E-state index in [0.29, 0.717) is 30.1 Å². The second kappa shape index (κ2) is 10.5. The first-order chi connectivity index (χ1) is 16.6. The molecule has 0 radical (unpaired) electrons. The van der Waals surface area contributed by atoms with Crippen molar-refractivity contribution in [2.45, 2.75) is 13.3 Å². The molecule has 0 saturated carbocycles. The number of amides is 1. The summed E-state index contributed by atoms with van der Waals surface area (Å²) in [5.41, 5.74) is 6.45. The largest absolute Gasteiger partial charge is 0.494 e. The first kappa shape index (κ1) is 22.8. The number of benzene rings is 3. The topological polar surface area (TPSA) is 97.8 Å². The van der Waals surface area contributed by atoms with E-state index < -0.39 is 0 Å². The number of carbonyl (C=O) groups excluding carboxylic acids is 1. The van der Waals surface area contributed by atoms with Crippen LogP contribution in [-0.4, -0.2) is 42.9 Å². The highest BCUT2D eigenvalue weighted by molar-refractivity contribution is 5.97. The standard InChI is InChI=1S/C26H26N4O4/c1-4-34-20-7-5-6-18(12-20)16-27-30-26(31)19-9-10-21-22(15-19)29-25(28-21)14-17-8-11-23(32-2)24(13-17)33-3/h5-13,15-16H,4,14H2,1-3H3,(H,28,29)(H,30,31)/b27-16-. The third kappa shape index (κ3) is 5.35. The number of aromatic amines is 1. The number of hydrogen-bond donors (Lipinski definition) is 2. The molecule has 0 spiro atoms. The summed E-state index contributed by atoms with van der Waals surface area (Å²) in [5.74, 6) is 2.57. The van der Waals surface area contributed by atoms with Crippen molar-refractivity contribution in [1.82, 2.24) is 15.4 Å². The smallest absolute Gasteiger partial charge is 0.271 e. The highest BCUT2D eigenvalue weighted by Gasteiger charge is 2.11. The molecule has 4 aromatic rings. The molecule has 8 nitrogen and oxygen atoms in total.